The minimum Gasteiger partial charge on any atom is -0.298 e. The molecule has 1 aromatic carbocycles. The Bertz CT molecular complexity index is 370. The molecule has 60 valence electrons. The highest BCUT2D eigenvalue weighted by Crippen LogP contribution is 2.21. The maximum Gasteiger partial charge on any atom is 0.151 e. The van der Waals surface area contributed by atoms with E-state index in [1.165, 1.54) is 6.07 Å². The highest BCUT2D eigenvalue weighted by Gasteiger charge is 2.09. The number of nitriles is 1. The first-order valence-corrected chi connectivity index (χ1v) is 3.41. The van der Waals surface area contributed by atoms with Crippen LogP contribution in [0, 0.1) is 17.1 Å². The van der Waals surface area contributed by atoms with Gasteiger partial charge in [0.2, 0.25) is 0 Å². The highest BCUT2D eigenvalue weighted by atomic mass is 35.5. The third-order valence-electron chi connectivity index (χ3n) is 1.36. The molecule has 4 heteroatoms. The third kappa shape index (κ3) is 1.29. The van der Waals surface area contributed by atoms with E-state index in [0.717, 1.165) is 6.07 Å². The van der Waals surface area contributed by atoms with E-state index in [4.69, 9.17) is 16.9 Å². The van der Waals surface area contributed by atoms with Gasteiger partial charge in [0.05, 0.1) is 5.02 Å². The van der Waals surface area contributed by atoms with E-state index in [1.54, 1.807) is 6.07 Å². The van der Waals surface area contributed by atoms with Crippen molar-refractivity contribution in [2.45, 2.75) is 0 Å². The molecule has 1 rings (SSSR count). The molecule has 0 unspecified atom stereocenters. The largest absolute Gasteiger partial charge is 0.298 e. The first kappa shape index (κ1) is 8.69. The van der Waals surface area contributed by atoms with Crippen molar-refractivity contribution in [3.63, 3.8) is 0 Å². The summed E-state index contributed by atoms with van der Waals surface area (Å²) in [6.07, 6.45) is 0.475. The van der Waals surface area contributed by atoms with Crippen LogP contribution in [0.1, 0.15) is 15.9 Å². The van der Waals surface area contributed by atoms with Crippen LogP contribution in [-0.2, 0) is 0 Å². The minimum absolute atomic E-state index is 0.120. The van der Waals surface area contributed by atoms with E-state index in [9.17, 15) is 9.18 Å². The lowest BCUT2D eigenvalue weighted by Gasteiger charge is -1.98. The van der Waals surface area contributed by atoms with Crippen LogP contribution in [0.4, 0.5) is 4.39 Å². The van der Waals surface area contributed by atoms with Gasteiger partial charge in [0.1, 0.15) is 17.4 Å². The Morgan fingerprint density at radius 3 is 2.75 bits per heavy atom. The standard InChI is InChI=1S/C8H3ClFNO/c9-8-5(4-12)1-2-7(10)6(8)3-11/h1-2,4H. The highest BCUT2D eigenvalue weighted by molar-refractivity contribution is 6.34. The number of rotatable bonds is 1. The summed E-state index contributed by atoms with van der Waals surface area (Å²) in [5.74, 6) is -0.715. The maximum absolute atomic E-state index is 12.7. The summed E-state index contributed by atoms with van der Waals surface area (Å²) in [7, 11) is 0. The summed E-state index contributed by atoms with van der Waals surface area (Å²) in [5, 5.41) is 8.30. The third-order valence-corrected chi connectivity index (χ3v) is 1.77. The molecule has 0 heterocycles. The van der Waals surface area contributed by atoms with Gasteiger partial charge in [-0.2, -0.15) is 5.26 Å². The van der Waals surface area contributed by atoms with E-state index < -0.39 is 5.82 Å². The molecule has 0 saturated carbocycles. The number of carbonyl (C=O) groups is 1. The number of carbonyl (C=O) groups excluding carboxylic acids is 1. The zero-order valence-electron chi connectivity index (χ0n) is 5.84. The molecule has 0 amide bonds. The number of nitrogens with zero attached hydrogens (tertiary/aromatic N) is 1. The van der Waals surface area contributed by atoms with Crippen molar-refractivity contribution < 1.29 is 9.18 Å². The van der Waals surface area contributed by atoms with Gasteiger partial charge in [-0.25, -0.2) is 4.39 Å². The van der Waals surface area contributed by atoms with Gasteiger partial charge in [0, 0.05) is 5.56 Å². The van der Waals surface area contributed by atoms with Crippen molar-refractivity contribution in [1.82, 2.24) is 0 Å². The Labute approximate surface area is 73.2 Å². The van der Waals surface area contributed by atoms with Crippen LogP contribution in [0.15, 0.2) is 12.1 Å². The molecule has 0 aliphatic heterocycles. The second-order valence-corrected chi connectivity index (χ2v) is 2.43. The number of benzene rings is 1. The Balaban J connectivity index is 3.46. The molecule has 0 radical (unpaired) electrons. The van der Waals surface area contributed by atoms with Crippen LogP contribution in [-0.4, -0.2) is 6.29 Å². The SMILES string of the molecule is N#Cc1c(F)ccc(C=O)c1Cl. The van der Waals surface area contributed by atoms with Gasteiger partial charge in [0.15, 0.2) is 6.29 Å². The summed E-state index contributed by atoms with van der Waals surface area (Å²) in [6.45, 7) is 0. The number of halogens is 2. The molecule has 0 aromatic heterocycles. The Kier molecular flexibility index (Phi) is 2.41. The predicted octanol–water partition coefficient (Wildman–Crippen LogP) is 2.16. The van der Waals surface area contributed by atoms with Crippen LogP contribution in [0.2, 0.25) is 5.02 Å². The Morgan fingerprint density at radius 2 is 2.25 bits per heavy atom. The molecular formula is C8H3ClFNO. The molecule has 1 aromatic rings. The predicted molar refractivity (Wildman–Crippen MR) is 41.5 cm³/mol. The first-order valence-electron chi connectivity index (χ1n) is 3.04. The van der Waals surface area contributed by atoms with Gasteiger partial charge in [-0.1, -0.05) is 11.6 Å². The second kappa shape index (κ2) is 3.33. The fourth-order valence-corrected chi connectivity index (χ4v) is 1.00. The molecule has 2 nitrogen and oxygen atoms in total. The van der Waals surface area contributed by atoms with Crippen molar-refractivity contribution >= 4 is 17.9 Å². The molecule has 0 fully saturated rings. The van der Waals surface area contributed by atoms with Gasteiger partial charge in [0.25, 0.3) is 0 Å². The number of hydrogen-bond donors (Lipinski definition) is 0. The number of hydrogen-bond acceptors (Lipinski definition) is 2. The lowest BCUT2D eigenvalue weighted by Crippen LogP contribution is -1.90. The average molecular weight is 184 g/mol. The smallest absolute Gasteiger partial charge is 0.151 e. The van der Waals surface area contributed by atoms with Crippen molar-refractivity contribution in [2.75, 3.05) is 0 Å². The molecule has 0 N–H and O–H groups in total. The van der Waals surface area contributed by atoms with E-state index in [-0.39, 0.29) is 16.1 Å². The molecule has 0 spiro atoms. The zero-order valence-corrected chi connectivity index (χ0v) is 6.60. The van der Waals surface area contributed by atoms with Crippen LogP contribution in [0.25, 0.3) is 0 Å². The van der Waals surface area contributed by atoms with Crippen molar-refractivity contribution in [3.05, 3.63) is 34.1 Å². The fraction of sp³-hybridized carbons (Fsp3) is 0. The van der Waals surface area contributed by atoms with E-state index in [2.05, 4.69) is 0 Å². The fourth-order valence-electron chi connectivity index (χ4n) is 0.762. The van der Waals surface area contributed by atoms with Crippen LogP contribution < -0.4 is 0 Å². The van der Waals surface area contributed by atoms with Gasteiger partial charge >= 0.3 is 0 Å². The first-order chi connectivity index (χ1) is 5.70. The monoisotopic (exact) mass is 183 g/mol. The van der Waals surface area contributed by atoms with Crippen molar-refractivity contribution in [2.24, 2.45) is 0 Å². The molecule has 0 atom stereocenters. The summed E-state index contributed by atoms with van der Waals surface area (Å²) >= 11 is 5.52. The summed E-state index contributed by atoms with van der Waals surface area (Å²) in [4.78, 5) is 10.3. The van der Waals surface area contributed by atoms with Crippen LogP contribution in [0.3, 0.4) is 0 Å². The molecule has 0 bridgehead atoms. The van der Waals surface area contributed by atoms with E-state index in [0.29, 0.717) is 6.29 Å². The van der Waals surface area contributed by atoms with E-state index in [1.807, 2.05) is 0 Å². The maximum atomic E-state index is 12.7. The lowest BCUT2D eigenvalue weighted by atomic mass is 10.1. The summed E-state index contributed by atoms with van der Waals surface area (Å²) < 4.78 is 12.7. The quantitative estimate of drug-likeness (QED) is 0.626. The van der Waals surface area contributed by atoms with Gasteiger partial charge < -0.3 is 0 Å². The summed E-state index contributed by atoms with van der Waals surface area (Å²) in [5.41, 5.74) is -0.170. The minimum atomic E-state index is -0.715. The zero-order chi connectivity index (χ0) is 9.14. The lowest BCUT2D eigenvalue weighted by molar-refractivity contribution is 0.112. The van der Waals surface area contributed by atoms with Crippen molar-refractivity contribution in [1.29, 1.82) is 5.26 Å². The van der Waals surface area contributed by atoms with Crippen LogP contribution >= 0.6 is 11.6 Å². The van der Waals surface area contributed by atoms with Crippen LogP contribution in [0.5, 0.6) is 0 Å². The van der Waals surface area contributed by atoms with Crippen molar-refractivity contribution in [3.8, 4) is 6.07 Å². The molecule has 0 aliphatic rings. The van der Waals surface area contributed by atoms with Gasteiger partial charge in [-0.15, -0.1) is 0 Å². The summed E-state index contributed by atoms with van der Waals surface area (Å²) in [6, 6.07) is 3.84. The molecule has 0 aliphatic carbocycles. The van der Waals surface area contributed by atoms with Gasteiger partial charge in [-0.05, 0) is 12.1 Å². The Morgan fingerprint density at radius 1 is 1.58 bits per heavy atom. The second-order valence-electron chi connectivity index (χ2n) is 2.06. The average Bonchev–Trinajstić information content (AvgIpc) is 2.06. The number of aldehydes is 1. The molecular weight excluding hydrogens is 181 g/mol. The van der Waals surface area contributed by atoms with E-state index >= 15 is 0 Å². The van der Waals surface area contributed by atoms with Gasteiger partial charge in [-0.3, -0.25) is 4.79 Å². The topological polar surface area (TPSA) is 40.9 Å². The molecule has 0 saturated heterocycles. The normalized spacial score (nSPS) is 9.08. The molecule has 12 heavy (non-hydrogen) atoms. The Hall–Kier alpha value is -1.40.